The molecule has 0 bridgehead atoms. The quantitative estimate of drug-likeness (QED) is 0.360. The molecule has 0 saturated heterocycles. The molecule has 31 heavy (non-hydrogen) atoms. The highest BCUT2D eigenvalue weighted by Gasteiger charge is 2.74. The summed E-state index contributed by atoms with van der Waals surface area (Å²) in [5, 5.41) is 0. The van der Waals surface area contributed by atoms with Gasteiger partial charge < -0.3 is 20.9 Å². The van der Waals surface area contributed by atoms with E-state index in [2.05, 4.69) is 9.47 Å². The molecule has 0 fully saturated rings. The summed E-state index contributed by atoms with van der Waals surface area (Å²) in [7, 11) is 0. The molecular weight excluding hydrogens is 482 g/mol. The van der Waals surface area contributed by atoms with Crippen LogP contribution in [0.15, 0.2) is 0 Å². The first-order valence-corrected chi connectivity index (χ1v) is 7.73. The number of alkyl halides is 14. The van der Waals surface area contributed by atoms with Crippen molar-refractivity contribution in [2.45, 2.75) is 35.9 Å². The van der Waals surface area contributed by atoms with Crippen LogP contribution in [0.2, 0.25) is 0 Å². The molecule has 0 atom stereocenters. The average Bonchev–Trinajstić information content (AvgIpc) is 2.67. The third-order valence-corrected chi connectivity index (χ3v) is 3.97. The maximum Gasteiger partial charge on any atom is 0.425 e. The van der Waals surface area contributed by atoms with Gasteiger partial charge in [-0.2, -0.15) is 52.7 Å². The van der Waals surface area contributed by atoms with Gasteiger partial charge in [0.15, 0.2) is 13.3 Å². The molecule has 0 radical (unpaired) electrons. The minimum Gasteiger partial charge on any atom is -0.330 e. The van der Waals surface area contributed by atoms with Crippen LogP contribution in [0.5, 0.6) is 0 Å². The zero-order valence-corrected chi connectivity index (χ0v) is 15.0. The van der Waals surface area contributed by atoms with Crippen LogP contribution in [0.4, 0.5) is 61.5 Å². The first-order chi connectivity index (χ1) is 13.7. The second kappa shape index (κ2) is 9.38. The summed E-state index contributed by atoms with van der Waals surface area (Å²) in [6, 6.07) is 0. The molecule has 0 heterocycles. The number of hydrogen-bond acceptors (Lipinski definition) is 4. The van der Waals surface area contributed by atoms with Gasteiger partial charge in [0, 0.05) is 18.5 Å². The van der Waals surface area contributed by atoms with Gasteiger partial charge in [-0.15, -0.1) is 0 Å². The minimum absolute atomic E-state index is 1.24. The lowest BCUT2D eigenvalue weighted by Gasteiger charge is -2.37. The maximum atomic E-state index is 13.4. The van der Waals surface area contributed by atoms with Gasteiger partial charge in [-0.1, -0.05) is 0 Å². The van der Waals surface area contributed by atoms with Gasteiger partial charge in [-0.3, -0.25) is 0 Å². The zero-order valence-electron chi connectivity index (χ0n) is 15.0. The molecule has 4 N–H and O–H groups in total. The Labute approximate surface area is 164 Å². The lowest BCUT2D eigenvalue weighted by atomic mass is 9.90. The first kappa shape index (κ1) is 29.9. The molecule has 0 saturated carbocycles. The Morgan fingerprint density at radius 1 is 0.516 bits per heavy atom. The smallest absolute Gasteiger partial charge is 0.330 e. The van der Waals surface area contributed by atoms with E-state index >= 15 is 0 Å². The highest BCUT2D eigenvalue weighted by Crippen LogP contribution is 2.48. The van der Waals surface area contributed by atoms with Crippen molar-refractivity contribution < 1.29 is 70.9 Å². The van der Waals surface area contributed by atoms with Gasteiger partial charge in [-0.05, 0) is 0 Å². The normalized spacial score (nSPS) is 15.5. The fourth-order valence-electron chi connectivity index (χ4n) is 1.62. The highest BCUT2D eigenvalue weighted by atomic mass is 19.4. The molecule has 0 amide bonds. The Hall–Kier alpha value is -1.14. The summed E-state index contributed by atoms with van der Waals surface area (Å²) in [4.78, 5) is 0. The summed E-state index contributed by atoms with van der Waals surface area (Å²) in [6.45, 7) is -13.1. The summed E-state index contributed by atoms with van der Waals surface area (Å²) in [5.41, 5.74) is 7.28. The zero-order chi connectivity index (χ0) is 25.2. The second-order valence-corrected chi connectivity index (χ2v) is 6.34. The van der Waals surface area contributed by atoms with Crippen LogP contribution in [-0.4, -0.2) is 75.6 Å². The molecule has 188 valence electrons. The Morgan fingerprint density at radius 2 is 0.774 bits per heavy atom. The summed E-state index contributed by atoms with van der Waals surface area (Å²) in [6.07, 6.45) is -12.3. The number of hydrogen-bond donors (Lipinski definition) is 2. The van der Waals surface area contributed by atoms with Crippen molar-refractivity contribution in [3.8, 4) is 0 Å². The van der Waals surface area contributed by atoms with Crippen LogP contribution in [0.25, 0.3) is 0 Å². The van der Waals surface area contributed by atoms with Crippen LogP contribution in [0, 0.1) is 5.41 Å². The molecule has 0 aliphatic heterocycles. The molecule has 0 aromatic heterocycles. The van der Waals surface area contributed by atoms with Crippen molar-refractivity contribution in [1.82, 2.24) is 0 Å². The molecule has 4 nitrogen and oxygen atoms in total. The fraction of sp³-hybridized carbons (Fsp3) is 1.00. The third-order valence-electron chi connectivity index (χ3n) is 3.97. The van der Waals surface area contributed by atoms with E-state index in [1.165, 1.54) is 0 Å². The monoisotopic (exact) mass is 498 g/mol. The summed E-state index contributed by atoms with van der Waals surface area (Å²) >= 11 is 0. The van der Waals surface area contributed by atoms with E-state index in [4.69, 9.17) is 11.5 Å². The Balaban J connectivity index is 5.62. The number of halogens is 14. The molecular formula is C13H16F14N2O2. The standard InChI is InChI=1S/C13H16F14N2O2/c14-1-8(16,17)10(20,21)12(24,25)30-5-7(3-28,4-29)6-31-13(26,27)11(22,23)9(18,19)2-15/h1-6,28-29H2. The third kappa shape index (κ3) is 5.62. The lowest BCUT2D eigenvalue weighted by Crippen LogP contribution is -2.59. The van der Waals surface area contributed by atoms with Crippen molar-refractivity contribution in [2.24, 2.45) is 16.9 Å². The van der Waals surface area contributed by atoms with E-state index in [1.807, 2.05) is 0 Å². The Kier molecular flexibility index (Phi) is 9.04. The SMILES string of the molecule is NCC(CN)(COC(F)(F)C(F)(F)C(F)(F)CF)COC(F)(F)C(F)(F)C(F)(F)CF. The number of ether oxygens (including phenoxy) is 2. The fourth-order valence-corrected chi connectivity index (χ4v) is 1.62. The molecule has 0 aliphatic carbocycles. The van der Waals surface area contributed by atoms with Crippen molar-refractivity contribution in [3.63, 3.8) is 0 Å². The molecule has 0 aromatic carbocycles. The molecule has 18 heteroatoms. The molecule has 0 aromatic rings. The van der Waals surface area contributed by atoms with Gasteiger partial charge in [-0.25, -0.2) is 8.78 Å². The maximum absolute atomic E-state index is 13.4. The minimum atomic E-state index is -6.48. The molecule has 0 aliphatic rings. The van der Waals surface area contributed by atoms with Crippen LogP contribution in [0.3, 0.4) is 0 Å². The number of nitrogens with two attached hydrogens (primary N) is 2. The van der Waals surface area contributed by atoms with E-state index in [0.717, 1.165) is 0 Å². The van der Waals surface area contributed by atoms with E-state index in [9.17, 15) is 61.5 Å². The Morgan fingerprint density at radius 3 is 0.968 bits per heavy atom. The van der Waals surface area contributed by atoms with Crippen LogP contribution in [0.1, 0.15) is 0 Å². The van der Waals surface area contributed by atoms with Gasteiger partial charge in [0.25, 0.3) is 0 Å². The van der Waals surface area contributed by atoms with E-state index in [-0.39, 0.29) is 0 Å². The van der Waals surface area contributed by atoms with Gasteiger partial charge in [0.2, 0.25) is 0 Å². The largest absolute Gasteiger partial charge is 0.425 e. The van der Waals surface area contributed by atoms with Gasteiger partial charge >= 0.3 is 35.9 Å². The summed E-state index contributed by atoms with van der Waals surface area (Å²) < 4.78 is 188. The number of rotatable bonds is 14. The summed E-state index contributed by atoms with van der Waals surface area (Å²) in [5.74, 6) is -24.9. The second-order valence-electron chi connectivity index (χ2n) is 6.34. The van der Waals surface area contributed by atoms with Gasteiger partial charge in [0.05, 0.1) is 13.2 Å². The van der Waals surface area contributed by atoms with E-state index in [0.29, 0.717) is 0 Å². The van der Waals surface area contributed by atoms with Crippen molar-refractivity contribution in [3.05, 3.63) is 0 Å². The van der Waals surface area contributed by atoms with E-state index < -0.39 is 81.0 Å². The van der Waals surface area contributed by atoms with Crippen LogP contribution in [-0.2, 0) is 9.47 Å². The topological polar surface area (TPSA) is 70.5 Å². The molecule has 0 spiro atoms. The van der Waals surface area contributed by atoms with Crippen LogP contribution >= 0.6 is 0 Å². The first-order valence-electron chi connectivity index (χ1n) is 7.73. The van der Waals surface area contributed by atoms with Crippen molar-refractivity contribution in [2.75, 3.05) is 39.7 Å². The average molecular weight is 498 g/mol. The van der Waals surface area contributed by atoms with Gasteiger partial charge in [0.1, 0.15) is 0 Å². The predicted molar refractivity (Wildman–Crippen MR) is 74.1 cm³/mol. The van der Waals surface area contributed by atoms with E-state index in [1.54, 1.807) is 0 Å². The Bertz CT molecular complexity index is 537. The van der Waals surface area contributed by atoms with Crippen molar-refractivity contribution in [1.29, 1.82) is 0 Å². The highest BCUT2D eigenvalue weighted by molar-refractivity contribution is 4.94. The lowest BCUT2D eigenvalue weighted by molar-refractivity contribution is -0.413. The van der Waals surface area contributed by atoms with Crippen molar-refractivity contribution >= 4 is 0 Å². The molecule has 0 unspecified atom stereocenters. The predicted octanol–water partition coefficient (Wildman–Crippen LogP) is 3.59. The molecule has 0 rings (SSSR count). The van der Waals surface area contributed by atoms with Crippen LogP contribution < -0.4 is 11.5 Å².